The van der Waals surface area contributed by atoms with Crippen LogP contribution in [0.25, 0.3) is 11.5 Å². The molecule has 0 aliphatic rings. The number of aromatic nitrogens is 1. The second-order valence-corrected chi connectivity index (χ2v) is 6.12. The van der Waals surface area contributed by atoms with Crippen LogP contribution in [0.5, 0.6) is 5.75 Å². The topological polar surface area (TPSA) is 79.0 Å². The molecule has 0 saturated carbocycles. The molecule has 0 amide bonds. The quantitative estimate of drug-likeness (QED) is 0.807. The predicted molar refractivity (Wildman–Crippen MR) is 92.1 cm³/mol. The maximum absolute atomic E-state index is 9.53. The number of nitrogens with zero attached hydrogens (tertiary/aromatic N) is 2. The van der Waals surface area contributed by atoms with E-state index >= 15 is 0 Å². The number of hydrogen-bond donors (Lipinski definition) is 2. The monoisotopic (exact) mass is 334 g/mol. The fourth-order valence-electron chi connectivity index (χ4n) is 2.68. The molecule has 2 aromatic rings. The molecule has 0 saturated heterocycles. The molecule has 0 unspecified atom stereocenters. The SMILES string of the molecule is COc1ccc(-c2nc(CN(C)C[C@H](O)CO)c(C)o2)c(C)c1C. The van der Waals surface area contributed by atoms with Gasteiger partial charge in [-0.25, -0.2) is 4.98 Å². The van der Waals surface area contributed by atoms with Gasteiger partial charge < -0.3 is 19.4 Å². The Hall–Kier alpha value is -1.89. The van der Waals surface area contributed by atoms with Gasteiger partial charge in [0.25, 0.3) is 0 Å². The third-order valence-electron chi connectivity index (χ3n) is 4.23. The summed E-state index contributed by atoms with van der Waals surface area (Å²) in [4.78, 5) is 6.52. The molecule has 24 heavy (non-hydrogen) atoms. The first-order chi connectivity index (χ1) is 11.4. The van der Waals surface area contributed by atoms with Crippen LogP contribution in [0.1, 0.15) is 22.6 Å². The van der Waals surface area contributed by atoms with E-state index in [0.717, 1.165) is 33.9 Å². The van der Waals surface area contributed by atoms with Crippen LogP contribution >= 0.6 is 0 Å². The van der Waals surface area contributed by atoms with Crippen LogP contribution in [0.15, 0.2) is 16.5 Å². The van der Waals surface area contributed by atoms with Gasteiger partial charge >= 0.3 is 0 Å². The zero-order valence-electron chi connectivity index (χ0n) is 15.0. The van der Waals surface area contributed by atoms with E-state index in [-0.39, 0.29) is 6.61 Å². The van der Waals surface area contributed by atoms with Crippen LogP contribution in [0.4, 0.5) is 0 Å². The molecule has 1 heterocycles. The van der Waals surface area contributed by atoms with E-state index < -0.39 is 6.10 Å². The van der Waals surface area contributed by atoms with Gasteiger partial charge in [0.2, 0.25) is 5.89 Å². The summed E-state index contributed by atoms with van der Waals surface area (Å²) in [5.74, 6) is 2.18. The van der Waals surface area contributed by atoms with Crippen LogP contribution in [-0.4, -0.2) is 53.5 Å². The molecule has 6 heteroatoms. The van der Waals surface area contributed by atoms with E-state index in [1.54, 1.807) is 7.11 Å². The van der Waals surface area contributed by atoms with Crippen molar-refractivity contribution in [2.24, 2.45) is 0 Å². The summed E-state index contributed by atoms with van der Waals surface area (Å²) in [5.41, 5.74) is 3.91. The van der Waals surface area contributed by atoms with Crippen molar-refractivity contribution >= 4 is 0 Å². The van der Waals surface area contributed by atoms with Gasteiger partial charge in [-0.3, -0.25) is 4.90 Å². The third kappa shape index (κ3) is 3.95. The number of aryl methyl sites for hydroxylation is 1. The number of benzene rings is 1. The van der Waals surface area contributed by atoms with Crippen molar-refractivity contribution in [3.8, 4) is 17.2 Å². The predicted octanol–water partition coefficient (Wildman–Crippen LogP) is 2.06. The normalized spacial score (nSPS) is 12.7. The average Bonchev–Trinajstić information content (AvgIpc) is 2.90. The lowest BCUT2D eigenvalue weighted by molar-refractivity contribution is 0.0644. The zero-order chi connectivity index (χ0) is 17.9. The molecule has 2 N–H and O–H groups in total. The maximum atomic E-state index is 9.53. The molecule has 1 atom stereocenters. The highest BCUT2D eigenvalue weighted by Crippen LogP contribution is 2.31. The standard InChI is InChI=1S/C18H26N2O4/c1-11-12(2)17(23-5)7-6-15(11)18-19-16(13(3)24-18)9-20(4)8-14(22)10-21/h6-7,14,21-22H,8-10H2,1-5H3/t14-/m0/s1. The summed E-state index contributed by atoms with van der Waals surface area (Å²) in [6.07, 6.45) is -0.756. The van der Waals surface area contributed by atoms with E-state index in [0.29, 0.717) is 19.0 Å². The van der Waals surface area contributed by atoms with Crippen molar-refractivity contribution in [3.05, 3.63) is 34.7 Å². The Bertz CT molecular complexity index is 697. The third-order valence-corrected chi connectivity index (χ3v) is 4.23. The summed E-state index contributed by atoms with van der Waals surface area (Å²) in [7, 11) is 3.53. The number of hydrogen-bond acceptors (Lipinski definition) is 6. The van der Waals surface area contributed by atoms with Crippen molar-refractivity contribution in [1.29, 1.82) is 0 Å². The highest BCUT2D eigenvalue weighted by molar-refractivity contribution is 5.63. The van der Waals surface area contributed by atoms with Crippen molar-refractivity contribution < 1.29 is 19.4 Å². The van der Waals surface area contributed by atoms with Gasteiger partial charge in [0.1, 0.15) is 11.5 Å². The highest BCUT2D eigenvalue weighted by atomic mass is 16.5. The Morgan fingerprint density at radius 2 is 1.96 bits per heavy atom. The average molecular weight is 334 g/mol. The largest absolute Gasteiger partial charge is 0.496 e. The Kier molecular flexibility index (Phi) is 5.99. The smallest absolute Gasteiger partial charge is 0.226 e. The number of ether oxygens (including phenoxy) is 1. The Balaban J connectivity index is 2.24. The van der Waals surface area contributed by atoms with Crippen LogP contribution in [0.2, 0.25) is 0 Å². The fraction of sp³-hybridized carbons (Fsp3) is 0.500. The molecular weight excluding hydrogens is 308 g/mol. The fourth-order valence-corrected chi connectivity index (χ4v) is 2.68. The minimum Gasteiger partial charge on any atom is -0.496 e. The van der Waals surface area contributed by atoms with E-state index in [1.807, 2.05) is 44.9 Å². The molecule has 1 aromatic carbocycles. The first kappa shape index (κ1) is 18.4. The van der Waals surface area contributed by atoms with Crippen molar-refractivity contribution in [2.75, 3.05) is 27.3 Å². The lowest BCUT2D eigenvalue weighted by atomic mass is 10.0. The molecule has 0 aliphatic heterocycles. The molecular formula is C18H26N2O4. The molecule has 2 rings (SSSR count). The summed E-state index contributed by atoms with van der Waals surface area (Å²) < 4.78 is 11.2. The van der Waals surface area contributed by atoms with Gasteiger partial charge in [-0.2, -0.15) is 0 Å². The molecule has 0 bridgehead atoms. The summed E-state index contributed by atoms with van der Waals surface area (Å²) in [6.45, 7) is 6.58. The maximum Gasteiger partial charge on any atom is 0.226 e. The number of rotatable bonds is 7. The van der Waals surface area contributed by atoms with Crippen LogP contribution in [0.3, 0.4) is 0 Å². The minimum atomic E-state index is -0.756. The number of oxazole rings is 1. The van der Waals surface area contributed by atoms with Gasteiger partial charge in [0, 0.05) is 18.7 Å². The van der Waals surface area contributed by atoms with E-state index in [9.17, 15) is 5.11 Å². The van der Waals surface area contributed by atoms with Gasteiger partial charge in [-0.15, -0.1) is 0 Å². The molecule has 0 aliphatic carbocycles. The van der Waals surface area contributed by atoms with E-state index in [2.05, 4.69) is 4.98 Å². The Morgan fingerprint density at radius 1 is 1.25 bits per heavy atom. The lowest BCUT2D eigenvalue weighted by Crippen LogP contribution is -2.31. The Morgan fingerprint density at radius 3 is 2.58 bits per heavy atom. The first-order valence-electron chi connectivity index (χ1n) is 7.95. The van der Waals surface area contributed by atoms with Gasteiger partial charge in [-0.1, -0.05) is 0 Å². The van der Waals surface area contributed by atoms with Gasteiger partial charge in [-0.05, 0) is 51.1 Å². The second kappa shape index (κ2) is 7.79. The molecule has 0 spiro atoms. The highest BCUT2D eigenvalue weighted by Gasteiger charge is 2.17. The van der Waals surface area contributed by atoms with Gasteiger partial charge in [0.05, 0.1) is 25.5 Å². The van der Waals surface area contributed by atoms with Crippen molar-refractivity contribution in [3.63, 3.8) is 0 Å². The molecule has 0 radical (unpaired) electrons. The lowest BCUT2D eigenvalue weighted by Gasteiger charge is -2.18. The van der Waals surface area contributed by atoms with Crippen LogP contribution < -0.4 is 4.74 Å². The number of aliphatic hydroxyl groups excluding tert-OH is 2. The van der Waals surface area contributed by atoms with Crippen LogP contribution in [-0.2, 0) is 6.54 Å². The zero-order valence-corrected chi connectivity index (χ0v) is 15.0. The molecule has 6 nitrogen and oxygen atoms in total. The molecule has 0 fully saturated rings. The van der Waals surface area contributed by atoms with Crippen molar-refractivity contribution in [1.82, 2.24) is 9.88 Å². The minimum absolute atomic E-state index is 0.252. The summed E-state index contributed by atoms with van der Waals surface area (Å²) >= 11 is 0. The number of methoxy groups -OCH3 is 1. The first-order valence-corrected chi connectivity index (χ1v) is 7.95. The van der Waals surface area contributed by atoms with Crippen LogP contribution in [0, 0.1) is 20.8 Å². The molecule has 1 aromatic heterocycles. The van der Waals surface area contributed by atoms with E-state index in [1.165, 1.54) is 0 Å². The number of likely N-dealkylation sites (N-methyl/N-ethyl adjacent to an activating group) is 1. The molecule has 132 valence electrons. The van der Waals surface area contributed by atoms with E-state index in [4.69, 9.17) is 14.3 Å². The summed E-state index contributed by atoms with van der Waals surface area (Å²) in [6, 6.07) is 3.87. The number of aliphatic hydroxyl groups is 2. The Labute approximate surface area is 142 Å². The second-order valence-electron chi connectivity index (χ2n) is 6.12. The van der Waals surface area contributed by atoms with Gasteiger partial charge in [0.15, 0.2) is 0 Å². The summed E-state index contributed by atoms with van der Waals surface area (Å²) in [5, 5.41) is 18.5. The van der Waals surface area contributed by atoms with Crippen molar-refractivity contribution in [2.45, 2.75) is 33.4 Å².